The van der Waals surface area contributed by atoms with E-state index in [9.17, 15) is 9.59 Å². The van der Waals surface area contributed by atoms with Gasteiger partial charge in [0.1, 0.15) is 0 Å². The second-order valence-corrected chi connectivity index (χ2v) is 9.81. The molecule has 3 rings (SSSR count). The number of nitrogens with zero attached hydrogens (tertiary/aromatic N) is 4. The summed E-state index contributed by atoms with van der Waals surface area (Å²) in [6.07, 6.45) is 3.05. The van der Waals surface area contributed by atoms with E-state index in [1.165, 1.54) is 5.56 Å². The average Bonchev–Trinajstić information content (AvgIpc) is 3.16. The maximum atomic E-state index is 12.8. The van der Waals surface area contributed by atoms with Crippen LogP contribution >= 0.6 is 11.3 Å². The molecule has 2 aromatic rings. The molecule has 2 amide bonds. The SMILES string of the molecule is Cc1nc(CC(=O)N2CCC([C@H](Cc3ccccc3)N(C)C(=O)CN(C)C)CC2)cs1. The van der Waals surface area contributed by atoms with Crippen molar-refractivity contribution in [2.24, 2.45) is 5.92 Å². The van der Waals surface area contributed by atoms with Crippen LogP contribution in [0.25, 0.3) is 0 Å². The highest BCUT2D eigenvalue weighted by Gasteiger charge is 2.32. The highest BCUT2D eigenvalue weighted by atomic mass is 32.1. The van der Waals surface area contributed by atoms with Crippen molar-refractivity contribution in [2.45, 2.75) is 38.6 Å². The quantitative estimate of drug-likeness (QED) is 0.631. The maximum Gasteiger partial charge on any atom is 0.236 e. The minimum absolute atomic E-state index is 0.133. The standard InChI is InChI=1S/C24H34N4O2S/c1-18-25-21(17-31-18)15-23(29)28-12-10-20(11-13-28)22(14-19-8-6-5-7-9-19)27(4)24(30)16-26(2)3/h5-9,17,20,22H,10-16H2,1-4H3/t22-/m0/s1. The van der Waals surface area contributed by atoms with Gasteiger partial charge in [0.2, 0.25) is 11.8 Å². The fraction of sp³-hybridized carbons (Fsp3) is 0.542. The molecule has 1 saturated heterocycles. The van der Waals surface area contributed by atoms with Gasteiger partial charge in [-0.05, 0) is 51.8 Å². The van der Waals surface area contributed by atoms with E-state index in [2.05, 4.69) is 29.2 Å². The lowest BCUT2D eigenvalue weighted by atomic mass is 9.84. The molecule has 1 fully saturated rings. The fourth-order valence-corrected chi connectivity index (χ4v) is 4.94. The fourth-order valence-electron chi connectivity index (χ4n) is 4.33. The van der Waals surface area contributed by atoms with Crippen LogP contribution in [0.5, 0.6) is 0 Å². The first kappa shape index (κ1) is 23.4. The van der Waals surface area contributed by atoms with Crippen molar-refractivity contribution in [3.05, 3.63) is 52.0 Å². The lowest BCUT2D eigenvalue weighted by molar-refractivity contribution is -0.136. The van der Waals surface area contributed by atoms with Gasteiger partial charge < -0.3 is 14.7 Å². The molecule has 31 heavy (non-hydrogen) atoms. The summed E-state index contributed by atoms with van der Waals surface area (Å²) in [5.74, 6) is 0.672. The number of likely N-dealkylation sites (tertiary alicyclic amines) is 1. The molecule has 1 aliphatic rings. The van der Waals surface area contributed by atoms with Crippen molar-refractivity contribution in [3.63, 3.8) is 0 Å². The topological polar surface area (TPSA) is 56.8 Å². The van der Waals surface area contributed by atoms with Crippen molar-refractivity contribution in [3.8, 4) is 0 Å². The zero-order chi connectivity index (χ0) is 22.4. The molecule has 0 saturated carbocycles. The Labute approximate surface area is 189 Å². The Kier molecular flexibility index (Phi) is 8.21. The number of amides is 2. The van der Waals surface area contributed by atoms with E-state index in [1.54, 1.807) is 11.3 Å². The van der Waals surface area contributed by atoms with Crippen molar-refractivity contribution in [1.82, 2.24) is 19.7 Å². The number of thiazole rings is 1. The van der Waals surface area contributed by atoms with E-state index in [4.69, 9.17) is 0 Å². The van der Waals surface area contributed by atoms with Crippen LogP contribution in [-0.4, -0.2) is 78.3 Å². The number of carbonyl (C=O) groups is 2. The normalized spacial score (nSPS) is 15.8. The van der Waals surface area contributed by atoms with Gasteiger partial charge >= 0.3 is 0 Å². The summed E-state index contributed by atoms with van der Waals surface area (Å²) in [4.78, 5) is 35.8. The first-order valence-electron chi connectivity index (χ1n) is 11.0. The molecule has 0 radical (unpaired) electrons. The Morgan fingerprint density at radius 2 is 1.84 bits per heavy atom. The Balaban J connectivity index is 1.64. The van der Waals surface area contributed by atoms with E-state index >= 15 is 0 Å². The number of carbonyl (C=O) groups excluding carboxylic acids is 2. The zero-order valence-corrected chi connectivity index (χ0v) is 19.9. The van der Waals surface area contributed by atoms with E-state index in [-0.39, 0.29) is 17.9 Å². The summed E-state index contributed by atoms with van der Waals surface area (Å²) in [7, 11) is 5.78. The van der Waals surface area contributed by atoms with Gasteiger partial charge in [0.05, 0.1) is 23.7 Å². The van der Waals surface area contributed by atoms with Gasteiger partial charge in [-0.15, -0.1) is 11.3 Å². The van der Waals surface area contributed by atoms with E-state index in [0.717, 1.165) is 43.1 Å². The maximum absolute atomic E-state index is 12.8. The van der Waals surface area contributed by atoms with Gasteiger partial charge in [-0.3, -0.25) is 9.59 Å². The zero-order valence-electron chi connectivity index (χ0n) is 19.1. The molecule has 0 bridgehead atoms. The Morgan fingerprint density at radius 3 is 2.42 bits per heavy atom. The van der Waals surface area contributed by atoms with E-state index < -0.39 is 0 Å². The molecule has 1 aliphatic heterocycles. The molecule has 1 aromatic heterocycles. The monoisotopic (exact) mass is 442 g/mol. The minimum atomic E-state index is 0.133. The molecule has 2 heterocycles. The number of aromatic nitrogens is 1. The second kappa shape index (κ2) is 10.9. The third-order valence-corrected chi connectivity index (χ3v) is 6.89. The summed E-state index contributed by atoms with van der Waals surface area (Å²) < 4.78 is 0. The molecular formula is C24H34N4O2S. The number of piperidine rings is 1. The van der Waals surface area contributed by atoms with Crippen LogP contribution in [0.3, 0.4) is 0 Å². The van der Waals surface area contributed by atoms with E-state index in [1.807, 2.05) is 54.2 Å². The molecule has 168 valence electrons. The summed E-state index contributed by atoms with van der Waals surface area (Å²) >= 11 is 1.59. The summed E-state index contributed by atoms with van der Waals surface area (Å²) in [6.45, 7) is 3.86. The highest BCUT2D eigenvalue weighted by Crippen LogP contribution is 2.27. The van der Waals surface area contributed by atoms with Crippen molar-refractivity contribution in [1.29, 1.82) is 0 Å². The molecule has 0 unspecified atom stereocenters. The Hall–Kier alpha value is -2.25. The van der Waals surface area contributed by atoms with E-state index in [0.29, 0.717) is 18.9 Å². The van der Waals surface area contributed by atoms with Gasteiger partial charge in [-0.2, -0.15) is 0 Å². The van der Waals surface area contributed by atoms with Crippen LogP contribution in [0, 0.1) is 12.8 Å². The molecule has 7 heteroatoms. The summed E-state index contributed by atoms with van der Waals surface area (Å²) in [6, 6.07) is 10.5. The first-order chi connectivity index (χ1) is 14.8. The first-order valence-corrected chi connectivity index (χ1v) is 11.8. The van der Waals surface area contributed by atoms with Gasteiger partial charge in [0, 0.05) is 31.6 Å². The number of hydrogen-bond acceptors (Lipinski definition) is 5. The lowest BCUT2D eigenvalue weighted by Gasteiger charge is -2.40. The van der Waals surface area contributed by atoms with Gasteiger partial charge in [-0.1, -0.05) is 30.3 Å². The van der Waals surface area contributed by atoms with Crippen molar-refractivity contribution < 1.29 is 9.59 Å². The third-order valence-electron chi connectivity index (χ3n) is 6.07. The molecular weight excluding hydrogens is 408 g/mol. The highest BCUT2D eigenvalue weighted by molar-refractivity contribution is 7.09. The minimum Gasteiger partial charge on any atom is -0.342 e. The van der Waals surface area contributed by atoms with Crippen LogP contribution in [0.2, 0.25) is 0 Å². The second-order valence-electron chi connectivity index (χ2n) is 8.75. The van der Waals surface area contributed by atoms with Crippen molar-refractivity contribution in [2.75, 3.05) is 40.8 Å². The summed E-state index contributed by atoms with van der Waals surface area (Å²) in [5, 5.41) is 2.97. The third kappa shape index (κ3) is 6.61. The lowest BCUT2D eigenvalue weighted by Crippen LogP contribution is -2.50. The summed E-state index contributed by atoms with van der Waals surface area (Å²) in [5.41, 5.74) is 2.11. The Bertz CT molecular complexity index is 859. The molecule has 1 aromatic carbocycles. The largest absolute Gasteiger partial charge is 0.342 e. The molecule has 6 nitrogen and oxygen atoms in total. The number of aryl methyl sites for hydroxylation is 1. The van der Waals surface area contributed by atoms with Crippen LogP contribution < -0.4 is 0 Å². The Morgan fingerprint density at radius 1 is 1.16 bits per heavy atom. The number of rotatable bonds is 8. The predicted octanol–water partition coefficient (Wildman–Crippen LogP) is 2.86. The van der Waals surface area contributed by atoms with Gasteiger partial charge in [0.15, 0.2) is 0 Å². The van der Waals surface area contributed by atoms with Crippen LogP contribution in [0.4, 0.5) is 0 Å². The predicted molar refractivity (Wildman–Crippen MR) is 125 cm³/mol. The van der Waals surface area contributed by atoms with Crippen LogP contribution in [-0.2, 0) is 22.4 Å². The number of hydrogen-bond donors (Lipinski definition) is 0. The molecule has 0 aliphatic carbocycles. The molecule has 0 spiro atoms. The van der Waals surface area contributed by atoms with Gasteiger partial charge in [-0.25, -0.2) is 4.98 Å². The number of likely N-dealkylation sites (N-methyl/N-ethyl adjacent to an activating group) is 2. The molecule has 1 atom stereocenters. The van der Waals surface area contributed by atoms with Crippen LogP contribution in [0.1, 0.15) is 29.1 Å². The van der Waals surface area contributed by atoms with Crippen molar-refractivity contribution >= 4 is 23.2 Å². The molecule has 0 N–H and O–H groups in total. The van der Waals surface area contributed by atoms with Crippen LogP contribution in [0.15, 0.2) is 35.7 Å². The average molecular weight is 443 g/mol. The number of benzene rings is 1. The smallest absolute Gasteiger partial charge is 0.236 e. The van der Waals surface area contributed by atoms with Gasteiger partial charge in [0.25, 0.3) is 0 Å².